The molecule has 0 aliphatic heterocycles. The van der Waals surface area contributed by atoms with Gasteiger partial charge >= 0.3 is 0 Å². The minimum Gasteiger partial charge on any atom is -0.326 e. The molecule has 0 saturated heterocycles. The molecule has 5 aromatic carbocycles. The van der Waals surface area contributed by atoms with Gasteiger partial charge in [0.1, 0.15) is 0 Å². The van der Waals surface area contributed by atoms with Gasteiger partial charge in [0, 0.05) is 17.7 Å². The summed E-state index contributed by atoms with van der Waals surface area (Å²) in [5, 5.41) is 3.11. The predicted molar refractivity (Wildman–Crippen MR) is 185 cm³/mol. The first-order valence-corrected chi connectivity index (χ1v) is 16.9. The molecule has 0 aliphatic rings. The molecule has 6 nitrogen and oxygen atoms in total. The third kappa shape index (κ3) is 8.44. The first kappa shape index (κ1) is 32.5. The first-order chi connectivity index (χ1) is 22.1. The van der Waals surface area contributed by atoms with Crippen molar-refractivity contribution in [2.24, 2.45) is 0 Å². The fourth-order valence-electron chi connectivity index (χ4n) is 5.63. The number of benzene rings is 5. The number of amides is 1. The molecular formula is C39H37NO5S. The Morgan fingerprint density at radius 2 is 1.22 bits per heavy atom. The van der Waals surface area contributed by atoms with E-state index in [1.54, 1.807) is 12.1 Å². The minimum atomic E-state index is -4.11. The smallest absolute Gasteiger partial charge is 0.264 e. The van der Waals surface area contributed by atoms with Gasteiger partial charge in [-0.15, -0.1) is 0 Å². The van der Waals surface area contributed by atoms with E-state index in [4.69, 9.17) is 4.55 Å². The number of carbonyl (C=O) groups excluding carboxylic acids is 2. The highest BCUT2D eigenvalue weighted by molar-refractivity contribution is 7.85. The molecule has 0 saturated carbocycles. The van der Waals surface area contributed by atoms with Crippen LogP contribution in [0.4, 0.5) is 5.69 Å². The summed E-state index contributed by atoms with van der Waals surface area (Å²) in [7, 11) is -4.11. The lowest BCUT2D eigenvalue weighted by Gasteiger charge is -2.19. The fourth-order valence-corrected chi connectivity index (χ4v) is 6.14. The van der Waals surface area contributed by atoms with Crippen LogP contribution in [-0.4, -0.2) is 30.4 Å². The molecule has 0 fully saturated rings. The Hall–Kier alpha value is -4.85. The van der Waals surface area contributed by atoms with Gasteiger partial charge in [-0.05, 0) is 83.3 Å². The summed E-state index contributed by atoms with van der Waals surface area (Å²) >= 11 is 0. The second-order valence-electron chi connectivity index (χ2n) is 11.6. The van der Waals surface area contributed by atoms with Gasteiger partial charge in [0.25, 0.3) is 10.1 Å². The lowest BCUT2D eigenvalue weighted by atomic mass is 9.89. The van der Waals surface area contributed by atoms with E-state index in [0.29, 0.717) is 17.7 Å². The Balaban J connectivity index is 1.36. The lowest BCUT2D eigenvalue weighted by Crippen LogP contribution is -2.23. The normalized spacial score (nSPS) is 12.0. The number of carbonyl (C=O) groups is 2. The molecule has 0 spiro atoms. The Morgan fingerprint density at radius 1 is 0.696 bits per heavy atom. The topological polar surface area (TPSA) is 101 Å². The van der Waals surface area contributed by atoms with E-state index < -0.39 is 21.8 Å². The van der Waals surface area contributed by atoms with Gasteiger partial charge in [-0.3, -0.25) is 14.1 Å². The van der Waals surface area contributed by atoms with Crippen molar-refractivity contribution < 1.29 is 22.6 Å². The number of Topliss-reactive ketones (excluding diaryl/α,β-unsaturated/α-hetero) is 1. The Morgan fingerprint density at radius 3 is 1.74 bits per heavy atom. The molecule has 5 rings (SSSR count). The van der Waals surface area contributed by atoms with Crippen molar-refractivity contribution in [3.8, 4) is 22.3 Å². The van der Waals surface area contributed by atoms with Gasteiger partial charge in [0.05, 0.1) is 11.7 Å². The summed E-state index contributed by atoms with van der Waals surface area (Å²) in [6.45, 7) is 4.15. The number of aryl methyl sites for hydroxylation is 2. The van der Waals surface area contributed by atoms with E-state index in [9.17, 15) is 18.0 Å². The molecule has 2 N–H and O–H groups in total. The number of hydrogen-bond acceptors (Lipinski definition) is 4. The molecule has 5 aromatic rings. The molecule has 234 valence electrons. The van der Waals surface area contributed by atoms with Gasteiger partial charge in [-0.2, -0.15) is 8.42 Å². The Labute approximate surface area is 270 Å². The van der Waals surface area contributed by atoms with E-state index in [2.05, 4.69) is 43.4 Å². The average molecular weight is 632 g/mol. The third-order valence-corrected chi connectivity index (χ3v) is 9.02. The second-order valence-corrected chi connectivity index (χ2v) is 13.2. The summed E-state index contributed by atoms with van der Waals surface area (Å²) in [6.07, 6.45) is 0.472. The highest BCUT2D eigenvalue weighted by Crippen LogP contribution is 2.29. The number of anilines is 1. The van der Waals surface area contributed by atoms with E-state index in [1.165, 1.54) is 11.1 Å². The van der Waals surface area contributed by atoms with Crippen molar-refractivity contribution in [3.05, 3.63) is 149 Å². The van der Waals surface area contributed by atoms with E-state index in [1.807, 2.05) is 84.9 Å². The molecule has 1 atom stereocenters. The summed E-state index contributed by atoms with van der Waals surface area (Å²) in [5.74, 6) is -1.30. The van der Waals surface area contributed by atoms with Gasteiger partial charge in [0.2, 0.25) is 5.91 Å². The van der Waals surface area contributed by atoms with Crippen molar-refractivity contribution in [1.82, 2.24) is 0 Å². The quantitative estimate of drug-likeness (QED) is 0.106. The molecule has 0 radical (unpaired) electrons. The maximum absolute atomic E-state index is 13.9. The molecule has 0 aromatic heterocycles. The molecule has 1 unspecified atom stereocenters. The standard InChI is InChI=1S/C39H37NO5S/c1-27-8-3-5-10-35(27)30-17-19-32(20-18-30)37(26-29-13-15-33(16-14-29)38(41)12-7-25-46(43,44)45)39(42)40-34-23-21-31(22-24-34)36-11-6-4-9-28(36)2/h3-6,8-11,13-24,37H,7,12,25-26H2,1-2H3,(H,40,42)(H,43,44,45). The van der Waals surface area contributed by atoms with Crippen LogP contribution in [0.25, 0.3) is 22.3 Å². The summed E-state index contributed by atoms with van der Waals surface area (Å²) in [5.41, 5.74) is 9.70. The van der Waals surface area contributed by atoms with Gasteiger partial charge in [-0.1, -0.05) is 109 Å². The molecule has 46 heavy (non-hydrogen) atoms. The van der Waals surface area contributed by atoms with Crippen LogP contribution in [0.3, 0.4) is 0 Å². The molecule has 7 heteroatoms. The molecular weight excluding hydrogens is 594 g/mol. The average Bonchev–Trinajstić information content (AvgIpc) is 3.04. The zero-order chi connectivity index (χ0) is 32.7. The van der Waals surface area contributed by atoms with Crippen LogP contribution in [0, 0.1) is 13.8 Å². The summed E-state index contributed by atoms with van der Waals surface area (Å²) in [6, 6.07) is 39.4. The van der Waals surface area contributed by atoms with Gasteiger partial charge in [-0.25, -0.2) is 0 Å². The third-order valence-electron chi connectivity index (χ3n) is 8.22. The van der Waals surface area contributed by atoms with Crippen molar-refractivity contribution in [2.75, 3.05) is 11.1 Å². The first-order valence-electron chi connectivity index (χ1n) is 15.3. The zero-order valence-corrected chi connectivity index (χ0v) is 26.8. The van der Waals surface area contributed by atoms with Crippen LogP contribution in [-0.2, 0) is 21.3 Å². The Kier molecular flexibility index (Phi) is 10.3. The Bertz CT molecular complexity index is 1930. The highest BCUT2D eigenvalue weighted by Gasteiger charge is 2.22. The van der Waals surface area contributed by atoms with Crippen molar-refractivity contribution in [1.29, 1.82) is 0 Å². The van der Waals surface area contributed by atoms with Crippen LogP contribution in [0.1, 0.15) is 51.4 Å². The number of hydrogen-bond donors (Lipinski definition) is 2. The van der Waals surface area contributed by atoms with Crippen molar-refractivity contribution in [3.63, 3.8) is 0 Å². The van der Waals surface area contributed by atoms with Crippen LogP contribution < -0.4 is 5.32 Å². The maximum Gasteiger partial charge on any atom is 0.264 e. The molecule has 0 heterocycles. The number of rotatable bonds is 12. The maximum atomic E-state index is 13.9. The van der Waals surface area contributed by atoms with Crippen molar-refractivity contribution >= 4 is 27.5 Å². The van der Waals surface area contributed by atoms with Crippen molar-refractivity contribution in [2.45, 2.75) is 39.0 Å². The fraction of sp³-hybridized carbons (Fsp3) is 0.179. The monoisotopic (exact) mass is 631 g/mol. The van der Waals surface area contributed by atoms with Crippen LogP contribution in [0.15, 0.2) is 121 Å². The minimum absolute atomic E-state index is 0.0139. The van der Waals surface area contributed by atoms with E-state index >= 15 is 0 Å². The van der Waals surface area contributed by atoms with Crippen LogP contribution >= 0.6 is 0 Å². The highest BCUT2D eigenvalue weighted by atomic mass is 32.2. The molecule has 0 bridgehead atoms. The van der Waals surface area contributed by atoms with Crippen LogP contribution in [0.5, 0.6) is 0 Å². The molecule has 1 amide bonds. The number of nitrogens with one attached hydrogen (secondary N) is 1. The predicted octanol–water partition coefficient (Wildman–Crippen LogP) is 8.45. The second kappa shape index (κ2) is 14.5. The van der Waals surface area contributed by atoms with E-state index in [0.717, 1.165) is 33.4 Å². The van der Waals surface area contributed by atoms with Gasteiger partial charge < -0.3 is 5.32 Å². The van der Waals surface area contributed by atoms with Gasteiger partial charge in [0.15, 0.2) is 5.78 Å². The lowest BCUT2D eigenvalue weighted by molar-refractivity contribution is -0.117. The summed E-state index contributed by atoms with van der Waals surface area (Å²) < 4.78 is 30.9. The van der Waals surface area contributed by atoms with E-state index in [-0.39, 0.29) is 24.5 Å². The SMILES string of the molecule is Cc1ccccc1-c1ccc(NC(=O)C(Cc2ccc(C(=O)CCCS(=O)(=O)O)cc2)c2ccc(-c3ccccc3C)cc2)cc1. The number of ketones is 1. The van der Waals surface area contributed by atoms with Crippen LogP contribution in [0.2, 0.25) is 0 Å². The largest absolute Gasteiger partial charge is 0.326 e. The summed E-state index contributed by atoms with van der Waals surface area (Å²) in [4.78, 5) is 26.4. The molecule has 0 aliphatic carbocycles. The zero-order valence-electron chi connectivity index (χ0n) is 25.9.